The van der Waals surface area contributed by atoms with E-state index in [4.69, 9.17) is 11.6 Å². The molecule has 0 N–H and O–H groups in total. The number of hydrogen-bond donors (Lipinski definition) is 0. The summed E-state index contributed by atoms with van der Waals surface area (Å²) in [6, 6.07) is 27.3. The van der Waals surface area contributed by atoms with Crippen LogP contribution in [0.25, 0.3) is 11.1 Å². The molecule has 0 heterocycles. The standard InChI is InChI=1S/C20H17Cl/c1-15-7-9-18(10-8-15)20(21)19-13-11-17(12-14-19)16-5-3-2-4-6-16/h2-14,20H,1H3. The van der Waals surface area contributed by atoms with Crippen molar-refractivity contribution in [2.24, 2.45) is 0 Å². The van der Waals surface area contributed by atoms with Gasteiger partial charge in [0, 0.05) is 0 Å². The fourth-order valence-corrected chi connectivity index (χ4v) is 2.69. The van der Waals surface area contributed by atoms with Crippen molar-refractivity contribution in [1.82, 2.24) is 0 Å². The molecule has 1 heteroatoms. The van der Waals surface area contributed by atoms with E-state index in [9.17, 15) is 0 Å². The number of halogens is 1. The zero-order valence-corrected chi connectivity index (χ0v) is 12.7. The van der Waals surface area contributed by atoms with Gasteiger partial charge in [0.05, 0.1) is 5.38 Å². The topological polar surface area (TPSA) is 0 Å². The first kappa shape index (κ1) is 13.9. The largest absolute Gasteiger partial charge is 0.113 e. The molecule has 0 radical (unpaired) electrons. The van der Waals surface area contributed by atoms with E-state index in [0.29, 0.717) is 0 Å². The van der Waals surface area contributed by atoms with E-state index < -0.39 is 0 Å². The third-order valence-corrected chi connectivity index (χ3v) is 4.18. The second-order valence-corrected chi connectivity index (χ2v) is 5.70. The predicted molar refractivity (Wildman–Crippen MR) is 90.8 cm³/mol. The Morgan fingerprint density at radius 2 is 1.10 bits per heavy atom. The molecule has 0 bridgehead atoms. The Kier molecular flexibility index (Phi) is 4.08. The van der Waals surface area contributed by atoms with Crippen molar-refractivity contribution in [1.29, 1.82) is 0 Å². The molecule has 0 nitrogen and oxygen atoms in total. The van der Waals surface area contributed by atoms with Gasteiger partial charge in [0.1, 0.15) is 0 Å². The van der Waals surface area contributed by atoms with Gasteiger partial charge in [-0.05, 0) is 29.2 Å². The molecule has 0 aliphatic rings. The lowest BCUT2D eigenvalue weighted by atomic mass is 9.99. The third-order valence-electron chi connectivity index (χ3n) is 3.68. The molecule has 0 saturated heterocycles. The molecule has 3 rings (SSSR count). The van der Waals surface area contributed by atoms with Crippen LogP contribution in [0.5, 0.6) is 0 Å². The fraction of sp³-hybridized carbons (Fsp3) is 0.100. The van der Waals surface area contributed by atoms with E-state index >= 15 is 0 Å². The van der Waals surface area contributed by atoms with Crippen LogP contribution in [0.3, 0.4) is 0 Å². The van der Waals surface area contributed by atoms with Gasteiger partial charge in [-0.1, -0.05) is 84.4 Å². The highest BCUT2D eigenvalue weighted by Gasteiger charge is 2.10. The minimum atomic E-state index is -0.101. The molecular formula is C20H17Cl. The lowest BCUT2D eigenvalue weighted by Crippen LogP contribution is -1.93. The Balaban J connectivity index is 1.85. The molecule has 0 amide bonds. The van der Waals surface area contributed by atoms with Crippen molar-refractivity contribution in [3.63, 3.8) is 0 Å². The summed E-state index contributed by atoms with van der Waals surface area (Å²) in [6.45, 7) is 2.08. The van der Waals surface area contributed by atoms with Gasteiger partial charge in [-0.25, -0.2) is 0 Å². The summed E-state index contributed by atoms with van der Waals surface area (Å²) in [5.41, 5.74) is 5.95. The highest BCUT2D eigenvalue weighted by atomic mass is 35.5. The van der Waals surface area contributed by atoms with Crippen LogP contribution in [0.1, 0.15) is 22.1 Å². The maximum absolute atomic E-state index is 6.58. The van der Waals surface area contributed by atoms with E-state index in [1.807, 2.05) is 6.07 Å². The second kappa shape index (κ2) is 6.15. The van der Waals surface area contributed by atoms with Crippen molar-refractivity contribution in [2.75, 3.05) is 0 Å². The fourth-order valence-electron chi connectivity index (χ4n) is 2.40. The maximum Gasteiger partial charge on any atom is 0.0835 e. The first-order valence-electron chi connectivity index (χ1n) is 7.10. The summed E-state index contributed by atoms with van der Waals surface area (Å²) in [6.07, 6.45) is 0. The molecule has 0 fully saturated rings. The first-order valence-corrected chi connectivity index (χ1v) is 7.54. The van der Waals surface area contributed by atoms with Crippen molar-refractivity contribution in [3.8, 4) is 11.1 Å². The normalized spacial score (nSPS) is 12.1. The monoisotopic (exact) mass is 292 g/mol. The van der Waals surface area contributed by atoms with Crippen LogP contribution in [-0.2, 0) is 0 Å². The first-order chi connectivity index (χ1) is 10.2. The quantitative estimate of drug-likeness (QED) is 0.520. The van der Waals surface area contributed by atoms with E-state index in [-0.39, 0.29) is 5.38 Å². The van der Waals surface area contributed by atoms with Crippen LogP contribution in [0, 0.1) is 6.92 Å². The summed E-state index contributed by atoms with van der Waals surface area (Å²) >= 11 is 6.58. The molecule has 0 spiro atoms. The van der Waals surface area contributed by atoms with Crippen LogP contribution in [0.15, 0.2) is 78.9 Å². The predicted octanol–water partition coefficient (Wildman–Crippen LogP) is 5.99. The van der Waals surface area contributed by atoms with Crippen LogP contribution >= 0.6 is 11.6 Å². The number of alkyl halides is 1. The average molecular weight is 293 g/mol. The minimum Gasteiger partial charge on any atom is -0.113 e. The summed E-state index contributed by atoms with van der Waals surface area (Å²) in [5, 5.41) is -0.101. The van der Waals surface area contributed by atoms with Crippen molar-refractivity contribution >= 4 is 11.6 Å². The Morgan fingerprint density at radius 1 is 0.619 bits per heavy atom. The van der Waals surface area contributed by atoms with E-state index in [1.54, 1.807) is 0 Å². The van der Waals surface area contributed by atoms with Crippen molar-refractivity contribution in [2.45, 2.75) is 12.3 Å². The number of aryl methyl sites for hydroxylation is 1. The van der Waals surface area contributed by atoms with Gasteiger partial charge in [-0.2, -0.15) is 0 Å². The van der Waals surface area contributed by atoms with Crippen LogP contribution in [0.2, 0.25) is 0 Å². The summed E-state index contributed by atoms with van der Waals surface area (Å²) < 4.78 is 0. The molecule has 0 aromatic heterocycles. The number of hydrogen-bond acceptors (Lipinski definition) is 0. The average Bonchev–Trinajstić information content (AvgIpc) is 2.56. The molecule has 0 saturated carbocycles. The molecule has 3 aromatic rings. The Labute approximate surface area is 131 Å². The third kappa shape index (κ3) is 3.17. The van der Waals surface area contributed by atoms with E-state index in [0.717, 1.165) is 11.1 Å². The molecule has 1 atom stereocenters. The highest BCUT2D eigenvalue weighted by molar-refractivity contribution is 6.22. The van der Waals surface area contributed by atoms with Crippen LogP contribution in [0.4, 0.5) is 0 Å². The number of rotatable bonds is 3. The van der Waals surface area contributed by atoms with Gasteiger partial charge in [-0.3, -0.25) is 0 Å². The van der Waals surface area contributed by atoms with Gasteiger partial charge < -0.3 is 0 Å². The second-order valence-electron chi connectivity index (χ2n) is 5.26. The zero-order chi connectivity index (χ0) is 14.7. The lowest BCUT2D eigenvalue weighted by molar-refractivity contribution is 1.14. The number of benzene rings is 3. The molecule has 3 aromatic carbocycles. The summed E-state index contributed by atoms with van der Waals surface area (Å²) in [5.74, 6) is 0. The van der Waals surface area contributed by atoms with Gasteiger partial charge >= 0.3 is 0 Å². The Hall–Kier alpha value is -2.05. The molecule has 0 aliphatic heterocycles. The maximum atomic E-state index is 6.58. The summed E-state index contributed by atoms with van der Waals surface area (Å²) in [7, 11) is 0. The minimum absolute atomic E-state index is 0.101. The molecule has 21 heavy (non-hydrogen) atoms. The van der Waals surface area contributed by atoms with Gasteiger partial charge in [0.15, 0.2) is 0 Å². The molecule has 0 aliphatic carbocycles. The lowest BCUT2D eigenvalue weighted by Gasteiger charge is -2.11. The highest BCUT2D eigenvalue weighted by Crippen LogP contribution is 2.30. The molecule has 1 unspecified atom stereocenters. The van der Waals surface area contributed by atoms with Crippen molar-refractivity contribution < 1.29 is 0 Å². The SMILES string of the molecule is Cc1ccc(C(Cl)c2ccc(-c3ccccc3)cc2)cc1. The van der Waals surface area contributed by atoms with Crippen LogP contribution < -0.4 is 0 Å². The zero-order valence-electron chi connectivity index (χ0n) is 12.0. The Bertz CT molecular complexity index is 697. The van der Waals surface area contributed by atoms with Gasteiger partial charge in [0.25, 0.3) is 0 Å². The van der Waals surface area contributed by atoms with Gasteiger partial charge in [-0.15, -0.1) is 11.6 Å². The Morgan fingerprint density at radius 3 is 1.67 bits per heavy atom. The van der Waals surface area contributed by atoms with E-state index in [1.165, 1.54) is 16.7 Å². The summed E-state index contributed by atoms with van der Waals surface area (Å²) in [4.78, 5) is 0. The molecule has 104 valence electrons. The van der Waals surface area contributed by atoms with Gasteiger partial charge in [0.2, 0.25) is 0 Å². The van der Waals surface area contributed by atoms with E-state index in [2.05, 4.69) is 79.7 Å². The van der Waals surface area contributed by atoms with Crippen LogP contribution in [-0.4, -0.2) is 0 Å². The molecular weight excluding hydrogens is 276 g/mol. The van der Waals surface area contributed by atoms with Crippen molar-refractivity contribution in [3.05, 3.63) is 95.6 Å². The smallest absolute Gasteiger partial charge is 0.0835 e.